The molecule has 0 fully saturated rings. The summed E-state index contributed by atoms with van der Waals surface area (Å²) >= 11 is 4.73. The lowest BCUT2D eigenvalue weighted by atomic mass is 10.8. The van der Waals surface area contributed by atoms with E-state index in [1.807, 2.05) is 0 Å². The molecule has 7 heteroatoms. The predicted octanol–water partition coefficient (Wildman–Crippen LogP) is 0.330. The van der Waals surface area contributed by atoms with E-state index in [1.54, 1.807) is 0 Å². The molecule has 0 aliphatic heterocycles. The van der Waals surface area contributed by atoms with E-state index in [2.05, 4.69) is 14.1 Å². The molecule has 64 valence electrons. The molecule has 0 bridgehead atoms. The summed E-state index contributed by atoms with van der Waals surface area (Å²) in [6.45, 7) is 2.18. The van der Waals surface area contributed by atoms with E-state index >= 15 is 0 Å². The zero-order valence-corrected chi connectivity index (χ0v) is 6.62. The SMILES string of the molecule is CC(=O)ON(OCl)OC(C)=O. The summed E-state index contributed by atoms with van der Waals surface area (Å²) in [7, 11) is 0. The average Bonchev–Trinajstić information content (AvgIpc) is 1.84. The Labute approximate surface area is 67.6 Å². The first-order valence-corrected chi connectivity index (χ1v) is 2.83. The van der Waals surface area contributed by atoms with Crippen molar-refractivity contribution in [1.29, 1.82) is 0 Å². The van der Waals surface area contributed by atoms with E-state index in [-0.39, 0.29) is 5.39 Å². The lowest BCUT2D eigenvalue weighted by Gasteiger charge is -2.10. The van der Waals surface area contributed by atoms with Crippen molar-refractivity contribution in [3.63, 3.8) is 0 Å². The van der Waals surface area contributed by atoms with Crippen molar-refractivity contribution < 1.29 is 23.7 Å². The minimum Gasteiger partial charge on any atom is -0.309 e. The third-order valence-corrected chi connectivity index (χ3v) is 0.575. The van der Waals surface area contributed by atoms with Gasteiger partial charge in [0, 0.05) is 13.8 Å². The van der Waals surface area contributed by atoms with Crippen LogP contribution in [0.4, 0.5) is 0 Å². The number of halogens is 1. The number of nitrogens with zero attached hydrogens (tertiary/aromatic N) is 1. The van der Waals surface area contributed by atoms with Crippen molar-refractivity contribution in [2.24, 2.45) is 0 Å². The van der Waals surface area contributed by atoms with Crippen molar-refractivity contribution in [2.75, 3.05) is 0 Å². The first kappa shape index (κ1) is 10.2. The quantitative estimate of drug-likeness (QED) is 0.588. The first-order valence-electron chi connectivity index (χ1n) is 2.52. The van der Waals surface area contributed by atoms with Crippen LogP contribution >= 0.6 is 11.9 Å². The van der Waals surface area contributed by atoms with Gasteiger partial charge in [0.2, 0.25) is 5.39 Å². The van der Waals surface area contributed by atoms with Gasteiger partial charge in [-0.3, -0.25) is 9.59 Å². The standard InChI is InChI=1S/C4H6ClNO5/c1-3(7)9-6(11-5)10-4(2)8/h1-2H3. The Balaban J connectivity index is 3.76. The Bertz CT molecular complexity index is 145. The van der Waals surface area contributed by atoms with Gasteiger partial charge in [-0.25, -0.2) is 0 Å². The van der Waals surface area contributed by atoms with Gasteiger partial charge in [-0.2, -0.15) is 0 Å². The number of carbonyl (C=O) groups excluding carboxylic acids is 2. The molecule has 0 saturated carbocycles. The van der Waals surface area contributed by atoms with Crippen LogP contribution in [0.1, 0.15) is 13.8 Å². The van der Waals surface area contributed by atoms with Crippen LogP contribution in [0.3, 0.4) is 0 Å². The van der Waals surface area contributed by atoms with Crippen LogP contribution in [0, 0.1) is 0 Å². The highest BCUT2D eigenvalue weighted by Crippen LogP contribution is 1.97. The fourth-order valence-corrected chi connectivity index (χ4v) is 0.313. The second-order valence-electron chi connectivity index (χ2n) is 1.46. The summed E-state index contributed by atoms with van der Waals surface area (Å²) in [4.78, 5) is 28.6. The van der Waals surface area contributed by atoms with Gasteiger partial charge in [0.25, 0.3) is 0 Å². The molecule has 0 aromatic heterocycles. The van der Waals surface area contributed by atoms with Crippen LogP contribution in [0.15, 0.2) is 0 Å². The molecule has 0 unspecified atom stereocenters. The third-order valence-electron chi connectivity index (χ3n) is 0.463. The van der Waals surface area contributed by atoms with E-state index in [1.165, 1.54) is 0 Å². The molecule has 0 heterocycles. The molecule has 0 rings (SSSR count). The van der Waals surface area contributed by atoms with Gasteiger partial charge < -0.3 is 9.68 Å². The highest BCUT2D eigenvalue weighted by atomic mass is 35.5. The molecule has 0 aliphatic rings. The lowest BCUT2D eigenvalue weighted by Crippen LogP contribution is -2.25. The summed E-state index contributed by atoms with van der Waals surface area (Å²) < 4.78 is 3.79. The third kappa shape index (κ3) is 5.59. The van der Waals surface area contributed by atoms with Gasteiger partial charge in [0.1, 0.15) is 0 Å². The number of hydrogen-bond acceptors (Lipinski definition) is 6. The second kappa shape index (κ2) is 4.89. The topological polar surface area (TPSA) is 65.1 Å². The van der Waals surface area contributed by atoms with Crippen molar-refractivity contribution in [3.8, 4) is 0 Å². The Morgan fingerprint density at radius 2 is 1.55 bits per heavy atom. The molecule has 0 aromatic rings. The van der Waals surface area contributed by atoms with Gasteiger partial charge in [0.15, 0.2) is 0 Å². The average molecular weight is 184 g/mol. The van der Waals surface area contributed by atoms with Gasteiger partial charge >= 0.3 is 11.9 Å². The van der Waals surface area contributed by atoms with Crippen LogP contribution < -0.4 is 0 Å². The molecular formula is C4H6ClNO5. The molecule has 0 amide bonds. The smallest absolute Gasteiger partial charge is 0.309 e. The summed E-state index contributed by atoms with van der Waals surface area (Å²) in [5.74, 6) is -1.46. The van der Waals surface area contributed by atoms with E-state index in [9.17, 15) is 9.59 Å². The van der Waals surface area contributed by atoms with Crippen LogP contribution in [-0.4, -0.2) is 17.3 Å². The lowest BCUT2D eigenvalue weighted by molar-refractivity contribution is -0.446. The zero-order chi connectivity index (χ0) is 8.85. The zero-order valence-electron chi connectivity index (χ0n) is 5.87. The molecular weight excluding hydrogens is 177 g/mol. The van der Waals surface area contributed by atoms with Crippen molar-refractivity contribution in [1.82, 2.24) is 5.39 Å². The molecule has 0 aromatic carbocycles. The van der Waals surface area contributed by atoms with Crippen molar-refractivity contribution in [3.05, 3.63) is 0 Å². The fourth-order valence-electron chi connectivity index (χ4n) is 0.257. The van der Waals surface area contributed by atoms with Gasteiger partial charge in [-0.1, -0.05) is 0 Å². The molecule has 0 spiro atoms. The van der Waals surface area contributed by atoms with Crippen LogP contribution in [0.5, 0.6) is 0 Å². The Hall–Kier alpha value is -0.850. The summed E-state index contributed by atoms with van der Waals surface area (Å²) in [6.07, 6.45) is 0. The van der Waals surface area contributed by atoms with Gasteiger partial charge in [-0.15, -0.1) is 4.39 Å². The number of hydrogen-bond donors (Lipinski definition) is 0. The van der Waals surface area contributed by atoms with Crippen molar-refractivity contribution >= 4 is 23.8 Å². The number of carbonyl (C=O) groups is 2. The van der Waals surface area contributed by atoms with E-state index < -0.39 is 11.9 Å². The molecule has 0 radical (unpaired) electrons. The predicted molar refractivity (Wildman–Crippen MR) is 32.3 cm³/mol. The van der Waals surface area contributed by atoms with E-state index in [0.717, 1.165) is 13.8 Å². The maximum absolute atomic E-state index is 10.2. The number of rotatable bonds is 3. The molecule has 0 aliphatic carbocycles. The molecule has 11 heavy (non-hydrogen) atoms. The maximum Gasteiger partial charge on any atom is 0.328 e. The van der Waals surface area contributed by atoms with Gasteiger partial charge in [-0.05, 0) is 0 Å². The molecule has 0 N–H and O–H groups in total. The maximum atomic E-state index is 10.2. The van der Waals surface area contributed by atoms with Gasteiger partial charge in [0.05, 0.1) is 11.9 Å². The molecule has 0 atom stereocenters. The highest BCUT2D eigenvalue weighted by molar-refractivity contribution is 6.07. The van der Waals surface area contributed by atoms with Crippen molar-refractivity contribution in [2.45, 2.75) is 13.8 Å². The Morgan fingerprint density at radius 1 is 1.18 bits per heavy atom. The summed E-state index contributed by atoms with van der Waals surface area (Å²) in [6, 6.07) is 0. The fraction of sp³-hybridized carbons (Fsp3) is 0.500. The second-order valence-corrected chi connectivity index (χ2v) is 1.60. The van der Waals surface area contributed by atoms with Crippen LogP contribution in [0.2, 0.25) is 0 Å². The highest BCUT2D eigenvalue weighted by Gasteiger charge is 2.12. The van der Waals surface area contributed by atoms with Crippen LogP contribution in [0.25, 0.3) is 0 Å². The van der Waals surface area contributed by atoms with Crippen LogP contribution in [-0.2, 0) is 23.7 Å². The minimum absolute atomic E-state index is 0.0895. The normalized spacial score (nSPS) is 9.45. The molecule has 0 saturated heterocycles. The monoisotopic (exact) mass is 183 g/mol. The summed E-state index contributed by atoms with van der Waals surface area (Å²) in [5.41, 5.74) is 0. The Kier molecular flexibility index (Phi) is 4.51. The van der Waals surface area contributed by atoms with E-state index in [0.29, 0.717) is 0 Å². The Morgan fingerprint density at radius 3 is 1.73 bits per heavy atom. The first-order chi connectivity index (χ1) is 5.06. The van der Waals surface area contributed by atoms with E-state index in [4.69, 9.17) is 11.9 Å². The largest absolute Gasteiger partial charge is 0.328 e. The summed E-state index contributed by atoms with van der Waals surface area (Å²) in [5, 5.41) is 0.0895. The molecule has 6 nitrogen and oxygen atoms in total. The minimum atomic E-state index is -0.730.